The smallest absolute Gasteiger partial charge is 0.224 e. The van der Waals surface area contributed by atoms with Crippen LogP contribution in [0.5, 0.6) is 0 Å². The van der Waals surface area contributed by atoms with Gasteiger partial charge in [-0.15, -0.1) is 0 Å². The first-order chi connectivity index (χ1) is 12.3. The summed E-state index contributed by atoms with van der Waals surface area (Å²) >= 11 is 1.72. The number of carbonyl (C=O) groups excluding carboxylic acids is 1. The van der Waals surface area contributed by atoms with Crippen molar-refractivity contribution in [1.82, 2.24) is 10.3 Å². The topological polar surface area (TPSA) is 54.5 Å². The fourth-order valence-corrected chi connectivity index (χ4v) is 4.73. The van der Waals surface area contributed by atoms with E-state index >= 15 is 0 Å². The molecule has 4 rings (SSSR count). The molecule has 2 aromatic rings. The zero-order valence-electron chi connectivity index (χ0n) is 14.4. The summed E-state index contributed by atoms with van der Waals surface area (Å²) in [5.41, 5.74) is 1.05. The van der Waals surface area contributed by atoms with Crippen molar-refractivity contribution in [3.63, 3.8) is 0 Å². The highest BCUT2D eigenvalue weighted by molar-refractivity contribution is 7.22. The van der Waals surface area contributed by atoms with Gasteiger partial charge in [-0.3, -0.25) is 4.79 Å². The summed E-state index contributed by atoms with van der Waals surface area (Å²) < 4.78 is 6.83. The molecule has 3 heterocycles. The van der Waals surface area contributed by atoms with E-state index in [1.807, 2.05) is 12.1 Å². The number of thiazole rings is 1. The van der Waals surface area contributed by atoms with E-state index in [1.54, 1.807) is 11.3 Å². The van der Waals surface area contributed by atoms with Gasteiger partial charge in [-0.1, -0.05) is 23.5 Å². The summed E-state index contributed by atoms with van der Waals surface area (Å²) in [4.78, 5) is 19.5. The molecule has 25 heavy (non-hydrogen) atoms. The number of hydrogen-bond acceptors (Lipinski definition) is 5. The van der Waals surface area contributed by atoms with Crippen LogP contribution >= 0.6 is 11.3 Å². The minimum Gasteiger partial charge on any atom is -0.378 e. The van der Waals surface area contributed by atoms with Gasteiger partial charge in [0.2, 0.25) is 5.91 Å². The number of amides is 1. The molecule has 1 N–H and O–H groups in total. The van der Waals surface area contributed by atoms with E-state index in [1.165, 1.54) is 4.70 Å². The van der Waals surface area contributed by atoms with Crippen LogP contribution in [0.15, 0.2) is 24.3 Å². The maximum atomic E-state index is 12.5. The number of carbonyl (C=O) groups is 1. The third-order valence-electron chi connectivity index (χ3n) is 5.13. The monoisotopic (exact) mass is 359 g/mol. The number of rotatable bonds is 5. The molecule has 134 valence electrons. The first-order valence-corrected chi connectivity index (χ1v) is 10.1. The lowest BCUT2D eigenvalue weighted by atomic mass is 9.97. The molecule has 0 bridgehead atoms. The van der Waals surface area contributed by atoms with E-state index in [2.05, 4.69) is 22.3 Å². The molecule has 0 aliphatic carbocycles. The number of aromatic nitrogens is 1. The van der Waals surface area contributed by atoms with Crippen LogP contribution in [0.2, 0.25) is 0 Å². The Kier molecular flexibility index (Phi) is 5.17. The third-order valence-corrected chi connectivity index (χ3v) is 6.23. The van der Waals surface area contributed by atoms with E-state index in [0.717, 1.165) is 69.0 Å². The predicted molar refractivity (Wildman–Crippen MR) is 101 cm³/mol. The van der Waals surface area contributed by atoms with Crippen molar-refractivity contribution < 1.29 is 9.53 Å². The average molecular weight is 359 g/mol. The van der Waals surface area contributed by atoms with Crippen LogP contribution in [0.4, 0.5) is 5.13 Å². The number of anilines is 1. The van der Waals surface area contributed by atoms with E-state index in [0.29, 0.717) is 6.10 Å². The Morgan fingerprint density at radius 2 is 2.24 bits per heavy atom. The van der Waals surface area contributed by atoms with Crippen molar-refractivity contribution >= 4 is 32.6 Å². The first kappa shape index (κ1) is 16.8. The Balaban J connectivity index is 1.32. The molecule has 1 aromatic heterocycles. The van der Waals surface area contributed by atoms with Crippen molar-refractivity contribution in [2.24, 2.45) is 5.92 Å². The number of nitrogens with one attached hydrogen (secondary N) is 1. The summed E-state index contributed by atoms with van der Waals surface area (Å²) in [6, 6.07) is 8.22. The Bertz CT molecular complexity index is 693. The van der Waals surface area contributed by atoms with Crippen molar-refractivity contribution in [3.05, 3.63) is 24.3 Å². The average Bonchev–Trinajstić information content (AvgIpc) is 3.31. The Hall–Kier alpha value is -1.66. The summed E-state index contributed by atoms with van der Waals surface area (Å²) in [6.07, 6.45) is 5.56. The molecule has 0 saturated carbocycles. The van der Waals surface area contributed by atoms with Gasteiger partial charge in [-0.05, 0) is 44.2 Å². The summed E-state index contributed by atoms with van der Waals surface area (Å²) in [6.45, 7) is 3.35. The van der Waals surface area contributed by atoms with Crippen LogP contribution in [-0.4, -0.2) is 43.2 Å². The second-order valence-electron chi connectivity index (χ2n) is 6.96. The Labute approximate surface area is 152 Å². The Morgan fingerprint density at radius 3 is 3.08 bits per heavy atom. The molecule has 1 amide bonds. The van der Waals surface area contributed by atoms with E-state index in [4.69, 9.17) is 9.72 Å². The lowest BCUT2D eigenvalue weighted by Crippen LogP contribution is -2.43. The normalized spacial score (nSPS) is 23.9. The van der Waals surface area contributed by atoms with Crippen molar-refractivity contribution in [2.45, 2.75) is 38.2 Å². The zero-order valence-corrected chi connectivity index (χ0v) is 15.3. The number of benzene rings is 1. The number of hydrogen-bond donors (Lipinski definition) is 1. The van der Waals surface area contributed by atoms with Gasteiger partial charge >= 0.3 is 0 Å². The van der Waals surface area contributed by atoms with Crippen LogP contribution < -0.4 is 10.2 Å². The maximum absolute atomic E-state index is 12.5. The molecule has 0 spiro atoms. The molecule has 0 radical (unpaired) electrons. The SMILES string of the molecule is O=C(NCC[C@H]1CCCO1)[C@@H]1CCCN(c2nc3ccccc3s2)C1. The molecule has 2 aliphatic heterocycles. The molecule has 1 aromatic carbocycles. The van der Waals surface area contributed by atoms with Gasteiger partial charge < -0.3 is 15.0 Å². The minimum atomic E-state index is 0.0604. The number of para-hydroxylation sites is 1. The van der Waals surface area contributed by atoms with Crippen LogP contribution in [-0.2, 0) is 9.53 Å². The molecular formula is C19H25N3O2S. The molecule has 6 heteroatoms. The molecule has 2 fully saturated rings. The summed E-state index contributed by atoms with van der Waals surface area (Å²) in [7, 11) is 0. The second kappa shape index (κ2) is 7.70. The van der Waals surface area contributed by atoms with Gasteiger partial charge in [-0.2, -0.15) is 0 Å². The Morgan fingerprint density at radius 1 is 1.32 bits per heavy atom. The van der Waals surface area contributed by atoms with E-state index in [-0.39, 0.29) is 11.8 Å². The number of piperidine rings is 1. The summed E-state index contributed by atoms with van der Waals surface area (Å²) in [5.74, 6) is 0.245. The highest BCUT2D eigenvalue weighted by Gasteiger charge is 2.27. The van der Waals surface area contributed by atoms with E-state index < -0.39 is 0 Å². The van der Waals surface area contributed by atoms with Gasteiger partial charge in [0.05, 0.1) is 22.2 Å². The second-order valence-corrected chi connectivity index (χ2v) is 7.97. The predicted octanol–water partition coefficient (Wildman–Crippen LogP) is 3.20. The number of nitrogens with zero attached hydrogens (tertiary/aromatic N) is 2. The van der Waals surface area contributed by atoms with Crippen LogP contribution in [0.1, 0.15) is 32.1 Å². The lowest BCUT2D eigenvalue weighted by Gasteiger charge is -2.31. The maximum Gasteiger partial charge on any atom is 0.224 e. The first-order valence-electron chi connectivity index (χ1n) is 9.29. The largest absolute Gasteiger partial charge is 0.378 e. The highest BCUT2D eigenvalue weighted by Crippen LogP contribution is 2.31. The van der Waals surface area contributed by atoms with Crippen molar-refractivity contribution in [3.8, 4) is 0 Å². The van der Waals surface area contributed by atoms with Gasteiger partial charge in [0, 0.05) is 26.2 Å². The summed E-state index contributed by atoms with van der Waals surface area (Å²) in [5, 5.41) is 4.16. The standard InChI is InChI=1S/C19H25N3O2S/c23-18(20-10-9-15-6-4-12-24-15)14-5-3-11-22(13-14)19-21-16-7-1-2-8-17(16)25-19/h1-2,7-8,14-15H,3-6,9-13H2,(H,20,23)/t14-,15-/m1/s1. The van der Waals surface area contributed by atoms with Gasteiger partial charge in [0.15, 0.2) is 5.13 Å². The van der Waals surface area contributed by atoms with Crippen molar-refractivity contribution in [2.75, 3.05) is 31.1 Å². The highest BCUT2D eigenvalue weighted by atomic mass is 32.1. The molecule has 2 atom stereocenters. The fourth-order valence-electron chi connectivity index (χ4n) is 3.73. The van der Waals surface area contributed by atoms with Crippen LogP contribution in [0.25, 0.3) is 10.2 Å². The lowest BCUT2D eigenvalue weighted by molar-refractivity contribution is -0.125. The van der Waals surface area contributed by atoms with E-state index in [9.17, 15) is 4.79 Å². The fraction of sp³-hybridized carbons (Fsp3) is 0.579. The third kappa shape index (κ3) is 3.96. The van der Waals surface area contributed by atoms with Crippen molar-refractivity contribution in [1.29, 1.82) is 0 Å². The number of fused-ring (bicyclic) bond motifs is 1. The minimum absolute atomic E-state index is 0.0604. The zero-order chi connectivity index (χ0) is 17.1. The molecular weight excluding hydrogens is 334 g/mol. The quantitative estimate of drug-likeness (QED) is 0.891. The molecule has 2 saturated heterocycles. The van der Waals surface area contributed by atoms with Crippen LogP contribution in [0.3, 0.4) is 0 Å². The molecule has 5 nitrogen and oxygen atoms in total. The van der Waals surface area contributed by atoms with Gasteiger partial charge in [0.1, 0.15) is 0 Å². The van der Waals surface area contributed by atoms with Gasteiger partial charge in [-0.25, -0.2) is 4.98 Å². The van der Waals surface area contributed by atoms with Crippen LogP contribution in [0, 0.1) is 5.92 Å². The van der Waals surface area contributed by atoms with Gasteiger partial charge in [0.25, 0.3) is 0 Å². The molecule has 0 unspecified atom stereocenters. The molecule has 2 aliphatic rings. The number of ether oxygens (including phenoxy) is 1.